The Hall–Kier alpha value is -3.24. The highest BCUT2D eigenvalue weighted by atomic mass is 32.2. The van der Waals surface area contributed by atoms with Crippen LogP contribution in [-0.4, -0.2) is 48.0 Å². The third-order valence-corrected chi connectivity index (χ3v) is 4.75. The maximum Gasteiger partial charge on any atom is 0.335 e. The van der Waals surface area contributed by atoms with Gasteiger partial charge in [0, 0.05) is 11.3 Å². The van der Waals surface area contributed by atoms with Gasteiger partial charge in [-0.15, -0.1) is 5.10 Å². The molecule has 1 heterocycles. The maximum absolute atomic E-state index is 11.1. The number of amides is 1. The van der Waals surface area contributed by atoms with Crippen molar-refractivity contribution in [2.24, 2.45) is 5.73 Å². The fraction of sp³-hybridized carbons (Fsp3) is 0.118. The Bertz CT molecular complexity index is 956. The smallest absolute Gasteiger partial charge is 0.335 e. The van der Waals surface area contributed by atoms with E-state index in [1.807, 2.05) is 0 Å². The summed E-state index contributed by atoms with van der Waals surface area (Å²) in [6.45, 7) is 0. The van der Waals surface area contributed by atoms with Crippen LogP contribution in [0.5, 0.6) is 0 Å². The Labute approximate surface area is 157 Å². The van der Waals surface area contributed by atoms with Gasteiger partial charge in [0.2, 0.25) is 11.1 Å². The first-order valence-electron chi connectivity index (χ1n) is 7.78. The van der Waals surface area contributed by atoms with Crippen molar-refractivity contribution >= 4 is 23.6 Å². The molecule has 3 rings (SSSR count). The van der Waals surface area contributed by atoms with Crippen LogP contribution in [0, 0.1) is 0 Å². The van der Waals surface area contributed by atoms with Crippen molar-refractivity contribution in [3.05, 3.63) is 65.2 Å². The van der Waals surface area contributed by atoms with Crippen LogP contribution in [-0.2, 0) is 0 Å². The van der Waals surface area contributed by atoms with Crippen LogP contribution in [0.1, 0.15) is 32.4 Å². The number of hydrogen-bond acceptors (Lipinski definition) is 7. The van der Waals surface area contributed by atoms with Gasteiger partial charge in [0.1, 0.15) is 0 Å². The first-order valence-corrected chi connectivity index (χ1v) is 8.77. The van der Waals surface area contributed by atoms with Gasteiger partial charge in [0.05, 0.1) is 17.4 Å². The number of rotatable bonds is 7. The standard InChI is InChI=1S/C17H15N5O4S/c18-15(24)11-3-1-10(2-4-11)14(23)9-27-17-19-20-21-22(17)13-7-5-12(6-8-13)16(25)26/h1-8,14,23H,9H2,(H2,18,24)(H,25,26). The van der Waals surface area contributed by atoms with Gasteiger partial charge in [0.25, 0.3) is 0 Å². The molecule has 0 fully saturated rings. The summed E-state index contributed by atoms with van der Waals surface area (Å²) in [6.07, 6.45) is -0.795. The van der Waals surface area contributed by atoms with E-state index in [1.54, 1.807) is 36.4 Å². The molecule has 0 spiro atoms. The zero-order chi connectivity index (χ0) is 19.4. The van der Waals surface area contributed by atoms with Gasteiger partial charge in [-0.1, -0.05) is 23.9 Å². The van der Waals surface area contributed by atoms with Crippen LogP contribution in [0.2, 0.25) is 0 Å². The maximum atomic E-state index is 11.1. The molecule has 10 heteroatoms. The summed E-state index contributed by atoms with van der Waals surface area (Å²) in [7, 11) is 0. The highest BCUT2D eigenvalue weighted by molar-refractivity contribution is 7.99. The Kier molecular flexibility index (Phi) is 5.48. The van der Waals surface area contributed by atoms with Crippen molar-refractivity contribution in [2.75, 3.05) is 5.75 Å². The van der Waals surface area contributed by atoms with Crippen molar-refractivity contribution in [3.8, 4) is 5.69 Å². The number of hydrogen-bond donors (Lipinski definition) is 3. The number of aromatic nitrogens is 4. The molecule has 0 bridgehead atoms. The zero-order valence-electron chi connectivity index (χ0n) is 13.9. The van der Waals surface area contributed by atoms with E-state index in [9.17, 15) is 14.7 Å². The lowest BCUT2D eigenvalue weighted by Gasteiger charge is -2.11. The third kappa shape index (κ3) is 4.30. The number of aromatic carboxylic acids is 1. The van der Waals surface area contributed by atoms with Crippen LogP contribution in [0.25, 0.3) is 5.69 Å². The molecular weight excluding hydrogens is 370 g/mol. The largest absolute Gasteiger partial charge is 0.478 e. The summed E-state index contributed by atoms with van der Waals surface area (Å²) in [4.78, 5) is 22.0. The second-order valence-corrected chi connectivity index (χ2v) is 6.53. The number of primary amides is 1. The molecular formula is C17H15N5O4S. The summed E-state index contributed by atoms with van der Waals surface area (Å²) in [5, 5.41) is 31.2. The molecule has 0 saturated carbocycles. The van der Waals surface area contributed by atoms with Crippen molar-refractivity contribution in [2.45, 2.75) is 11.3 Å². The molecule has 3 aromatic rings. The predicted octanol–water partition coefficient (Wildman–Crippen LogP) is 1.29. The summed E-state index contributed by atoms with van der Waals surface area (Å²) < 4.78 is 1.46. The Morgan fingerprint density at radius 3 is 2.30 bits per heavy atom. The van der Waals surface area contributed by atoms with Gasteiger partial charge in [0.15, 0.2) is 0 Å². The average molecular weight is 385 g/mol. The van der Waals surface area contributed by atoms with Crippen molar-refractivity contribution in [1.29, 1.82) is 0 Å². The number of aliphatic hydroxyl groups excluding tert-OH is 1. The van der Waals surface area contributed by atoms with E-state index in [0.717, 1.165) is 0 Å². The first kappa shape index (κ1) is 18.5. The molecule has 0 radical (unpaired) electrons. The predicted molar refractivity (Wildman–Crippen MR) is 96.8 cm³/mol. The number of nitrogens with two attached hydrogens (primary N) is 1. The molecule has 0 aliphatic rings. The molecule has 1 unspecified atom stereocenters. The third-order valence-electron chi connectivity index (χ3n) is 3.75. The number of nitrogens with zero attached hydrogens (tertiary/aromatic N) is 4. The molecule has 2 aromatic carbocycles. The topological polar surface area (TPSA) is 144 Å². The lowest BCUT2D eigenvalue weighted by atomic mass is 10.1. The monoisotopic (exact) mass is 385 g/mol. The lowest BCUT2D eigenvalue weighted by Crippen LogP contribution is -2.11. The second-order valence-electron chi connectivity index (χ2n) is 5.54. The Morgan fingerprint density at radius 1 is 1.07 bits per heavy atom. The van der Waals surface area contributed by atoms with Gasteiger partial charge in [-0.05, 0) is 52.4 Å². The van der Waals surface area contributed by atoms with E-state index in [-0.39, 0.29) is 11.3 Å². The minimum atomic E-state index is -1.02. The van der Waals surface area contributed by atoms with E-state index in [4.69, 9.17) is 10.8 Å². The highest BCUT2D eigenvalue weighted by Crippen LogP contribution is 2.25. The SMILES string of the molecule is NC(=O)c1ccc(C(O)CSc2nnnn2-c2ccc(C(=O)O)cc2)cc1. The van der Waals surface area contributed by atoms with Crippen LogP contribution >= 0.6 is 11.8 Å². The number of carboxylic acids is 1. The van der Waals surface area contributed by atoms with Crippen LogP contribution in [0.15, 0.2) is 53.7 Å². The highest BCUT2D eigenvalue weighted by Gasteiger charge is 2.14. The minimum absolute atomic E-state index is 0.163. The summed E-state index contributed by atoms with van der Waals surface area (Å²) >= 11 is 1.24. The molecule has 138 valence electrons. The Morgan fingerprint density at radius 2 is 1.70 bits per heavy atom. The first-order chi connectivity index (χ1) is 13.0. The normalized spacial score (nSPS) is 11.9. The molecule has 9 nitrogen and oxygen atoms in total. The molecule has 0 saturated heterocycles. The number of tetrazole rings is 1. The van der Waals surface area contributed by atoms with Crippen molar-refractivity contribution < 1.29 is 19.8 Å². The zero-order valence-corrected chi connectivity index (χ0v) is 14.7. The van der Waals surface area contributed by atoms with E-state index in [2.05, 4.69) is 15.5 Å². The molecule has 0 aliphatic carbocycles. The molecule has 27 heavy (non-hydrogen) atoms. The molecule has 1 atom stereocenters. The molecule has 0 aliphatic heterocycles. The summed E-state index contributed by atoms with van der Waals surface area (Å²) in [6, 6.07) is 12.5. The van der Waals surface area contributed by atoms with Crippen LogP contribution in [0.4, 0.5) is 0 Å². The van der Waals surface area contributed by atoms with Crippen LogP contribution < -0.4 is 5.73 Å². The summed E-state index contributed by atoms with van der Waals surface area (Å²) in [5.41, 5.74) is 6.97. The van der Waals surface area contributed by atoms with E-state index in [1.165, 1.54) is 28.6 Å². The number of thioether (sulfide) groups is 1. The number of carboxylic acid groups (broad SMARTS) is 1. The number of carbonyl (C=O) groups is 2. The van der Waals surface area contributed by atoms with Crippen molar-refractivity contribution in [3.63, 3.8) is 0 Å². The number of aliphatic hydroxyl groups is 1. The van der Waals surface area contributed by atoms with Crippen LogP contribution in [0.3, 0.4) is 0 Å². The van der Waals surface area contributed by atoms with Gasteiger partial charge >= 0.3 is 5.97 Å². The van der Waals surface area contributed by atoms with Crippen molar-refractivity contribution in [1.82, 2.24) is 20.2 Å². The minimum Gasteiger partial charge on any atom is -0.478 e. The molecule has 4 N–H and O–H groups in total. The molecule has 1 amide bonds. The summed E-state index contributed by atoms with van der Waals surface area (Å²) in [5.74, 6) is -1.26. The van der Waals surface area contributed by atoms with Gasteiger partial charge in [-0.3, -0.25) is 4.79 Å². The second kappa shape index (κ2) is 7.98. The quantitative estimate of drug-likeness (QED) is 0.516. The lowest BCUT2D eigenvalue weighted by molar-refractivity contribution is 0.0696. The van der Waals surface area contributed by atoms with Gasteiger partial charge < -0.3 is 15.9 Å². The van der Waals surface area contributed by atoms with E-state index >= 15 is 0 Å². The van der Waals surface area contributed by atoms with E-state index in [0.29, 0.717) is 22.0 Å². The molecule has 1 aromatic heterocycles. The van der Waals surface area contributed by atoms with Gasteiger partial charge in [-0.2, -0.15) is 4.68 Å². The van der Waals surface area contributed by atoms with Gasteiger partial charge in [-0.25, -0.2) is 4.79 Å². The number of benzene rings is 2. The van der Waals surface area contributed by atoms with E-state index < -0.39 is 18.0 Å². The average Bonchev–Trinajstić information content (AvgIpc) is 3.14. The fourth-order valence-corrected chi connectivity index (χ4v) is 3.15. The fourth-order valence-electron chi connectivity index (χ4n) is 2.30. The number of carbonyl (C=O) groups excluding carboxylic acids is 1. The Balaban J connectivity index is 1.69.